The summed E-state index contributed by atoms with van der Waals surface area (Å²) < 4.78 is 0.882. The lowest BCUT2D eigenvalue weighted by molar-refractivity contribution is -0.116. The monoisotopic (exact) mass is 392 g/mol. The molecule has 0 bridgehead atoms. The standard InChI is InChI=1S/C15H13BrN4O2S/c1-20(15(22)12-4-5-13(16)23-12)8-14(21)18-10-2-3-11-9(6-10)7-17-19-11/h2-7H,8H2,1H3,(H,17,19)(H,18,21). The molecule has 0 aliphatic rings. The highest BCUT2D eigenvalue weighted by molar-refractivity contribution is 9.11. The van der Waals surface area contributed by atoms with Gasteiger partial charge in [-0.25, -0.2) is 0 Å². The molecule has 0 saturated heterocycles. The topological polar surface area (TPSA) is 78.1 Å². The number of rotatable bonds is 4. The number of nitrogens with one attached hydrogen (secondary N) is 2. The molecule has 8 heteroatoms. The molecule has 3 aromatic rings. The molecule has 2 amide bonds. The van der Waals surface area contributed by atoms with Crippen LogP contribution in [0, 0.1) is 0 Å². The summed E-state index contributed by atoms with van der Waals surface area (Å²) in [5.41, 5.74) is 1.57. The van der Waals surface area contributed by atoms with E-state index in [2.05, 4.69) is 31.4 Å². The third-order valence-electron chi connectivity index (χ3n) is 3.24. The predicted octanol–water partition coefficient (Wildman–Crippen LogP) is 3.10. The van der Waals surface area contributed by atoms with Crippen LogP contribution < -0.4 is 5.32 Å². The largest absolute Gasteiger partial charge is 0.332 e. The van der Waals surface area contributed by atoms with E-state index in [0.29, 0.717) is 10.6 Å². The molecule has 0 saturated carbocycles. The lowest BCUT2D eigenvalue weighted by Gasteiger charge is -2.15. The number of fused-ring (bicyclic) bond motifs is 1. The molecule has 0 spiro atoms. The van der Waals surface area contributed by atoms with E-state index in [-0.39, 0.29) is 18.4 Å². The number of amides is 2. The minimum Gasteiger partial charge on any atom is -0.332 e. The van der Waals surface area contributed by atoms with Gasteiger partial charge in [-0.15, -0.1) is 11.3 Å². The fourth-order valence-electron chi connectivity index (χ4n) is 2.13. The molecule has 0 unspecified atom stereocenters. The summed E-state index contributed by atoms with van der Waals surface area (Å²) in [4.78, 5) is 26.3. The summed E-state index contributed by atoms with van der Waals surface area (Å²) in [7, 11) is 1.61. The van der Waals surface area contributed by atoms with E-state index in [1.54, 1.807) is 25.4 Å². The summed E-state index contributed by atoms with van der Waals surface area (Å²) >= 11 is 4.66. The van der Waals surface area contributed by atoms with E-state index >= 15 is 0 Å². The number of anilines is 1. The molecule has 2 N–H and O–H groups in total. The molecule has 0 fully saturated rings. The third-order valence-corrected chi connectivity index (χ3v) is 4.85. The van der Waals surface area contributed by atoms with Crippen molar-refractivity contribution in [2.45, 2.75) is 0 Å². The first-order chi connectivity index (χ1) is 11.0. The minimum absolute atomic E-state index is 0.0161. The van der Waals surface area contributed by atoms with Crippen LogP contribution >= 0.6 is 27.3 Å². The van der Waals surface area contributed by atoms with E-state index in [1.807, 2.05) is 18.2 Å². The molecule has 1 aromatic carbocycles. The maximum atomic E-state index is 12.2. The molecule has 0 aliphatic heterocycles. The van der Waals surface area contributed by atoms with Crippen molar-refractivity contribution in [2.75, 3.05) is 18.9 Å². The zero-order valence-electron chi connectivity index (χ0n) is 12.2. The van der Waals surface area contributed by atoms with Gasteiger partial charge in [-0.05, 0) is 46.3 Å². The van der Waals surface area contributed by atoms with Gasteiger partial charge in [0.1, 0.15) is 0 Å². The first kappa shape index (κ1) is 15.7. The Morgan fingerprint density at radius 2 is 2.17 bits per heavy atom. The van der Waals surface area contributed by atoms with Gasteiger partial charge >= 0.3 is 0 Å². The van der Waals surface area contributed by atoms with Crippen molar-refractivity contribution in [2.24, 2.45) is 0 Å². The van der Waals surface area contributed by atoms with Crippen molar-refractivity contribution in [3.8, 4) is 0 Å². The third kappa shape index (κ3) is 3.59. The number of H-pyrrole nitrogens is 1. The van der Waals surface area contributed by atoms with Gasteiger partial charge in [-0.3, -0.25) is 14.7 Å². The number of likely N-dealkylation sites (N-methyl/N-ethyl adjacent to an activating group) is 1. The zero-order chi connectivity index (χ0) is 16.4. The highest BCUT2D eigenvalue weighted by atomic mass is 79.9. The first-order valence-electron chi connectivity index (χ1n) is 6.77. The second kappa shape index (κ2) is 6.51. The minimum atomic E-state index is -0.251. The van der Waals surface area contributed by atoms with Crippen LogP contribution in [0.15, 0.2) is 40.3 Å². The van der Waals surface area contributed by atoms with Crippen LogP contribution in [0.2, 0.25) is 0 Å². The number of benzene rings is 1. The van der Waals surface area contributed by atoms with Gasteiger partial charge in [0, 0.05) is 18.1 Å². The van der Waals surface area contributed by atoms with E-state index in [9.17, 15) is 9.59 Å². The highest BCUT2D eigenvalue weighted by Crippen LogP contribution is 2.23. The lowest BCUT2D eigenvalue weighted by atomic mass is 10.2. The molecular formula is C15H13BrN4O2S. The van der Waals surface area contributed by atoms with Crippen LogP contribution in [-0.4, -0.2) is 40.5 Å². The maximum Gasteiger partial charge on any atom is 0.264 e. The number of hydrogen-bond donors (Lipinski definition) is 2. The average molecular weight is 393 g/mol. The van der Waals surface area contributed by atoms with Gasteiger partial charge in [0.05, 0.1) is 26.9 Å². The summed E-state index contributed by atoms with van der Waals surface area (Å²) in [5.74, 6) is -0.430. The van der Waals surface area contributed by atoms with Gasteiger partial charge in [-0.1, -0.05) is 0 Å². The van der Waals surface area contributed by atoms with E-state index in [1.165, 1.54) is 16.2 Å². The number of hydrogen-bond acceptors (Lipinski definition) is 4. The van der Waals surface area contributed by atoms with Gasteiger partial charge in [-0.2, -0.15) is 5.10 Å². The Morgan fingerprint density at radius 1 is 1.35 bits per heavy atom. The summed E-state index contributed by atoms with van der Waals surface area (Å²) in [6.45, 7) is -0.0161. The summed E-state index contributed by atoms with van der Waals surface area (Å²) in [6, 6.07) is 9.01. The summed E-state index contributed by atoms with van der Waals surface area (Å²) in [6.07, 6.45) is 1.69. The molecule has 2 heterocycles. The Hall–Kier alpha value is -2.19. The number of carbonyl (C=O) groups excluding carboxylic acids is 2. The molecule has 0 aliphatic carbocycles. The summed E-state index contributed by atoms with van der Waals surface area (Å²) in [5, 5.41) is 10.5. The number of aromatic nitrogens is 2. The van der Waals surface area contributed by atoms with Gasteiger partial charge in [0.2, 0.25) is 5.91 Å². The number of thiophene rings is 1. The highest BCUT2D eigenvalue weighted by Gasteiger charge is 2.16. The van der Waals surface area contributed by atoms with Gasteiger partial charge in [0.15, 0.2) is 0 Å². The number of aromatic amines is 1. The normalized spacial score (nSPS) is 10.7. The molecule has 118 valence electrons. The van der Waals surface area contributed by atoms with Crippen LogP contribution in [0.5, 0.6) is 0 Å². The quantitative estimate of drug-likeness (QED) is 0.715. The number of carbonyl (C=O) groups is 2. The lowest BCUT2D eigenvalue weighted by Crippen LogP contribution is -2.34. The predicted molar refractivity (Wildman–Crippen MR) is 93.7 cm³/mol. The van der Waals surface area contributed by atoms with E-state index < -0.39 is 0 Å². The Labute approximate surface area is 144 Å². The van der Waals surface area contributed by atoms with Crippen LogP contribution in [-0.2, 0) is 4.79 Å². The zero-order valence-corrected chi connectivity index (χ0v) is 14.6. The van der Waals surface area contributed by atoms with Crippen molar-refractivity contribution in [3.63, 3.8) is 0 Å². The molecule has 2 aromatic heterocycles. The van der Waals surface area contributed by atoms with Crippen molar-refractivity contribution in [1.29, 1.82) is 0 Å². The van der Waals surface area contributed by atoms with Crippen molar-refractivity contribution in [1.82, 2.24) is 15.1 Å². The van der Waals surface area contributed by atoms with E-state index in [4.69, 9.17) is 0 Å². The van der Waals surface area contributed by atoms with Crippen molar-refractivity contribution >= 4 is 55.7 Å². The van der Waals surface area contributed by atoms with Crippen molar-refractivity contribution < 1.29 is 9.59 Å². The molecule has 0 atom stereocenters. The number of nitrogens with zero attached hydrogens (tertiary/aromatic N) is 2. The van der Waals surface area contributed by atoms with Crippen molar-refractivity contribution in [3.05, 3.63) is 45.2 Å². The van der Waals surface area contributed by atoms with Gasteiger partial charge < -0.3 is 10.2 Å². The maximum absolute atomic E-state index is 12.2. The van der Waals surface area contributed by atoms with E-state index in [0.717, 1.165) is 14.7 Å². The first-order valence-corrected chi connectivity index (χ1v) is 8.37. The molecule has 3 rings (SSSR count). The average Bonchev–Trinajstić information content (AvgIpc) is 3.14. The van der Waals surface area contributed by atoms with Gasteiger partial charge in [0.25, 0.3) is 5.91 Å². The fraction of sp³-hybridized carbons (Fsp3) is 0.133. The van der Waals surface area contributed by atoms with Crippen LogP contribution in [0.3, 0.4) is 0 Å². The Kier molecular flexibility index (Phi) is 4.44. The number of halogens is 1. The molecule has 6 nitrogen and oxygen atoms in total. The van der Waals surface area contributed by atoms with Crippen LogP contribution in [0.4, 0.5) is 5.69 Å². The fourth-order valence-corrected chi connectivity index (χ4v) is 3.51. The SMILES string of the molecule is CN(CC(=O)Nc1ccc2[nH]ncc2c1)C(=O)c1ccc(Br)s1. The smallest absolute Gasteiger partial charge is 0.264 e. The van der Waals surface area contributed by atoms with Crippen LogP contribution in [0.25, 0.3) is 10.9 Å². The molecule has 0 radical (unpaired) electrons. The molecule has 23 heavy (non-hydrogen) atoms. The Bertz CT molecular complexity index is 873. The Morgan fingerprint density at radius 3 is 2.91 bits per heavy atom. The Balaban J connectivity index is 1.63. The second-order valence-electron chi connectivity index (χ2n) is 4.99. The van der Waals surface area contributed by atoms with Crippen LogP contribution in [0.1, 0.15) is 9.67 Å². The second-order valence-corrected chi connectivity index (χ2v) is 7.45. The molecular weight excluding hydrogens is 380 g/mol.